The molecule has 0 aromatic heterocycles. The molecule has 2 aromatic rings. The zero-order valence-electron chi connectivity index (χ0n) is 19.7. The Kier molecular flexibility index (Phi) is 6.17. The number of nitrogens with zero attached hydrogens (tertiary/aromatic N) is 2. The van der Waals surface area contributed by atoms with E-state index in [0.29, 0.717) is 12.1 Å². The van der Waals surface area contributed by atoms with Gasteiger partial charge in [0.1, 0.15) is 12.0 Å². The first kappa shape index (κ1) is 23.5. The van der Waals surface area contributed by atoms with Crippen molar-refractivity contribution in [3.63, 3.8) is 0 Å². The zero-order chi connectivity index (χ0) is 24.6. The summed E-state index contributed by atoms with van der Waals surface area (Å²) in [4.78, 5) is 55.8. The summed E-state index contributed by atoms with van der Waals surface area (Å²) in [7, 11) is 1.69. The molecular weight excluding hydrogens is 432 g/mol. The van der Waals surface area contributed by atoms with Crippen molar-refractivity contribution in [2.45, 2.75) is 38.1 Å². The first-order chi connectivity index (χ1) is 16.2. The number of anilines is 2. The number of amides is 4. The van der Waals surface area contributed by atoms with E-state index in [1.165, 1.54) is 4.90 Å². The normalized spacial score (nSPS) is 22.2. The molecule has 8 nitrogen and oxygen atoms in total. The minimum absolute atomic E-state index is 0.00678. The Morgan fingerprint density at radius 2 is 1.74 bits per heavy atom. The van der Waals surface area contributed by atoms with Crippen LogP contribution in [0.4, 0.5) is 11.4 Å². The van der Waals surface area contributed by atoms with E-state index in [1.54, 1.807) is 36.2 Å². The maximum absolute atomic E-state index is 13.8. The molecule has 2 aliphatic rings. The molecule has 8 heteroatoms. The van der Waals surface area contributed by atoms with Gasteiger partial charge in [0.25, 0.3) is 0 Å². The molecular formula is C26H30N4O4. The molecule has 0 saturated carbocycles. The second kappa shape index (κ2) is 8.93. The highest BCUT2D eigenvalue weighted by molar-refractivity contribution is 6.11. The van der Waals surface area contributed by atoms with Crippen LogP contribution < -0.4 is 16.0 Å². The molecule has 3 N–H and O–H groups in total. The molecule has 2 aromatic carbocycles. The molecule has 1 saturated heterocycles. The van der Waals surface area contributed by atoms with Gasteiger partial charge in [0.15, 0.2) is 0 Å². The van der Waals surface area contributed by atoms with E-state index in [2.05, 4.69) is 5.32 Å². The number of nitrogens with two attached hydrogens (primary N) is 1. The van der Waals surface area contributed by atoms with E-state index in [4.69, 9.17) is 5.73 Å². The Morgan fingerprint density at radius 1 is 1.09 bits per heavy atom. The summed E-state index contributed by atoms with van der Waals surface area (Å²) >= 11 is 0. The summed E-state index contributed by atoms with van der Waals surface area (Å²) in [6.45, 7) is 3.87. The van der Waals surface area contributed by atoms with Gasteiger partial charge in [-0.2, -0.15) is 0 Å². The van der Waals surface area contributed by atoms with Crippen molar-refractivity contribution in [2.24, 2.45) is 17.6 Å². The Bertz CT molecular complexity index is 1130. The van der Waals surface area contributed by atoms with Gasteiger partial charge in [-0.05, 0) is 42.5 Å². The van der Waals surface area contributed by atoms with Crippen molar-refractivity contribution in [1.29, 1.82) is 0 Å². The van der Waals surface area contributed by atoms with Crippen LogP contribution in [0.15, 0.2) is 54.6 Å². The smallest absolute Gasteiger partial charge is 0.240 e. The standard InChI is InChI=1S/C26H30N4O4/c1-16(2)13-18(23(32)28-17-9-5-4-6-10-17)24(33)30-15-26(14-21(30)22(27)31)19-11-7-8-12-20(19)29(3)25(26)34/h4-12,16,18,21H,13-15H2,1-3H3,(H2,27,31)(H,28,32)/t18?,21-,26-/m0/s1. The zero-order valence-corrected chi connectivity index (χ0v) is 19.7. The van der Waals surface area contributed by atoms with Gasteiger partial charge in [-0.3, -0.25) is 19.2 Å². The number of fused-ring (bicyclic) bond motifs is 2. The fraction of sp³-hybridized carbons (Fsp3) is 0.385. The van der Waals surface area contributed by atoms with E-state index in [0.717, 1.165) is 11.3 Å². The highest BCUT2D eigenvalue weighted by Gasteiger charge is 2.59. The van der Waals surface area contributed by atoms with Crippen LogP contribution in [0.5, 0.6) is 0 Å². The van der Waals surface area contributed by atoms with Gasteiger partial charge in [0.2, 0.25) is 23.6 Å². The Hall–Kier alpha value is -3.68. The fourth-order valence-electron chi connectivity index (χ4n) is 5.20. The quantitative estimate of drug-likeness (QED) is 0.641. The summed E-state index contributed by atoms with van der Waals surface area (Å²) in [5.41, 5.74) is 6.78. The highest BCUT2D eigenvalue weighted by atomic mass is 16.2. The van der Waals surface area contributed by atoms with Gasteiger partial charge < -0.3 is 20.9 Å². The number of para-hydroxylation sites is 2. The first-order valence-electron chi connectivity index (χ1n) is 11.5. The fourth-order valence-corrected chi connectivity index (χ4v) is 5.20. The average Bonchev–Trinajstić information content (AvgIpc) is 3.32. The van der Waals surface area contributed by atoms with E-state index in [9.17, 15) is 19.2 Å². The number of carbonyl (C=O) groups is 4. The van der Waals surface area contributed by atoms with Crippen molar-refractivity contribution in [3.8, 4) is 0 Å². The van der Waals surface area contributed by atoms with E-state index in [-0.39, 0.29) is 24.8 Å². The molecule has 3 atom stereocenters. The molecule has 1 fully saturated rings. The number of primary amides is 1. The highest BCUT2D eigenvalue weighted by Crippen LogP contribution is 2.48. The molecule has 1 spiro atoms. The van der Waals surface area contributed by atoms with Crippen molar-refractivity contribution in [1.82, 2.24) is 4.90 Å². The van der Waals surface area contributed by atoms with Crippen molar-refractivity contribution >= 4 is 35.0 Å². The molecule has 2 heterocycles. The van der Waals surface area contributed by atoms with E-state index in [1.807, 2.05) is 44.2 Å². The summed E-state index contributed by atoms with van der Waals surface area (Å²) in [5, 5.41) is 2.81. The average molecular weight is 463 g/mol. The van der Waals surface area contributed by atoms with Crippen LogP contribution in [0, 0.1) is 11.8 Å². The molecule has 2 aliphatic heterocycles. The van der Waals surface area contributed by atoms with Crippen LogP contribution in [-0.4, -0.2) is 48.2 Å². The number of likely N-dealkylation sites (tertiary alicyclic amines) is 1. The maximum Gasteiger partial charge on any atom is 0.240 e. The molecule has 34 heavy (non-hydrogen) atoms. The lowest BCUT2D eigenvalue weighted by atomic mass is 9.79. The lowest BCUT2D eigenvalue weighted by Gasteiger charge is -2.28. The van der Waals surface area contributed by atoms with Gasteiger partial charge >= 0.3 is 0 Å². The van der Waals surface area contributed by atoms with Crippen LogP contribution in [-0.2, 0) is 24.6 Å². The van der Waals surface area contributed by atoms with Crippen LogP contribution in [0.3, 0.4) is 0 Å². The molecule has 0 bridgehead atoms. The predicted molar refractivity (Wildman–Crippen MR) is 129 cm³/mol. The third kappa shape index (κ3) is 3.93. The van der Waals surface area contributed by atoms with Crippen LogP contribution in [0.2, 0.25) is 0 Å². The van der Waals surface area contributed by atoms with Gasteiger partial charge in [-0.25, -0.2) is 0 Å². The maximum atomic E-state index is 13.8. The van der Waals surface area contributed by atoms with Crippen molar-refractivity contribution in [3.05, 3.63) is 60.2 Å². The molecule has 0 radical (unpaired) electrons. The number of likely N-dealkylation sites (N-methyl/N-ethyl adjacent to an activating group) is 1. The minimum atomic E-state index is -1.06. The lowest BCUT2D eigenvalue weighted by Crippen LogP contribution is -2.49. The number of hydrogen-bond acceptors (Lipinski definition) is 4. The molecule has 4 amide bonds. The Morgan fingerprint density at radius 3 is 2.38 bits per heavy atom. The van der Waals surface area contributed by atoms with Gasteiger partial charge in [-0.15, -0.1) is 0 Å². The number of hydrogen-bond donors (Lipinski definition) is 2. The molecule has 1 unspecified atom stereocenters. The second-order valence-corrected chi connectivity index (χ2v) is 9.59. The summed E-state index contributed by atoms with van der Waals surface area (Å²) < 4.78 is 0. The third-order valence-electron chi connectivity index (χ3n) is 6.83. The number of carbonyl (C=O) groups excluding carboxylic acids is 4. The van der Waals surface area contributed by atoms with Gasteiger partial charge in [0, 0.05) is 25.0 Å². The number of rotatable bonds is 6. The molecule has 4 rings (SSSR count). The van der Waals surface area contributed by atoms with Crippen LogP contribution in [0.25, 0.3) is 0 Å². The number of nitrogens with one attached hydrogen (secondary N) is 1. The lowest BCUT2D eigenvalue weighted by molar-refractivity contribution is -0.144. The van der Waals surface area contributed by atoms with Crippen molar-refractivity contribution in [2.75, 3.05) is 23.8 Å². The topological polar surface area (TPSA) is 113 Å². The minimum Gasteiger partial charge on any atom is -0.368 e. The Labute approximate surface area is 199 Å². The van der Waals surface area contributed by atoms with Crippen molar-refractivity contribution < 1.29 is 19.2 Å². The van der Waals surface area contributed by atoms with Crippen LogP contribution in [0.1, 0.15) is 32.3 Å². The predicted octanol–water partition coefficient (Wildman–Crippen LogP) is 2.29. The van der Waals surface area contributed by atoms with Crippen LogP contribution >= 0.6 is 0 Å². The number of benzene rings is 2. The molecule has 0 aliphatic carbocycles. The molecule has 178 valence electrons. The Balaban J connectivity index is 1.68. The summed E-state index contributed by atoms with van der Waals surface area (Å²) in [6.07, 6.45) is 0.403. The van der Waals surface area contributed by atoms with Gasteiger partial charge in [0.05, 0.1) is 5.41 Å². The van der Waals surface area contributed by atoms with E-state index < -0.39 is 35.1 Å². The largest absolute Gasteiger partial charge is 0.368 e. The first-order valence-corrected chi connectivity index (χ1v) is 11.5. The summed E-state index contributed by atoms with van der Waals surface area (Å²) in [5.74, 6) is -2.74. The SMILES string of the molecule is CC(C)CC(C(=O)Nc1ccccc1)C(=O)N1C[C@]2(C[C@H]1C(N)=O)C(=O)N(C)c1ccccc12. The van der Waals surface area contributed by atoms with Gasteiger partial charge in [-0.1, -0.05) is 50.2 Å². The third-order valence-corrected chi connectivity index (χ3v) is 6.83. The monoisotopic (exact) mass is 462 g/mol. The summed E-state index contributed by atoms with van der Waals surface area (Å²) in [6, 6.07) is 15.3. The van der Waals surface area contributed by atoms with E-state index >= 15 is 0 Å². The second-order valence-electron chi connectivity index (χ2n) is 9.59.